The molecule has 1 aromatic heterocycles. The van der Waals surface area contributed by atoms with Gasteiger partial charge in [-0.3, -0.25) is 0 Å². The highest BCUT2D eigenvalue weighted by molar-refractivity contribution is 6.35. The van der Waals surface area contributed by atoms with E-state index in [2.05, 4.69) is 15.3 Å². The van der Waals surface area contributed by atoms with Crippen molar-refractivity contribution in [1.82, 2.24) is 9.97 Å². The summed E-state index contributed by atoms with van der Waals surface area (Å²) >= 11 is 12.1. The molecule has 0 saturated carbocycles. The SMILES string of the molecule is COc1cc(C)nc(NC(C)c2ccc(Cl)cc2Cl)n1. The Bertz CT molecular complexity index is 619. The molecule has 0 aliphatic heterocycles. The van der Waals surface area contributed by atoms with E-state index in [1.54, 1.807) is 25.3 Å². The molecule has 0 radical (unpaired) electrons. The molecule has 0 aliphatic carbocycles. The molecule has 2 rings (SSSR count). The maximum absolute atomic E-state index is 6.19. The fourth-order valence-electron chi connectivity index (χ4n) is 1.83. The molecular weight excluding hydrogens is 297 g/mol. The van der Waals surface area contributed by atoms with E-state index in [-0.39, 0.29) is 6.04 Å². The minimum Gasteiger partial charge on any atom is -0.481 e. The minimum atomic E-state index is -0.0497. The third-order valence-electron chi connectivity index (χ3n) is 2.81. The molecule has 20 heavy (non-hydrogen) atoms. The maximum Gasteiger partial charge on any atom is 0.226 e. The van der Waals surface area contributed by atoms with E-state index in [9.17, 15) is 0 Å². The molecular formula is C14H15Cl2N3O. The summed E-state index contributed by atoms with van der Waals surface area (Å²) in [5, 5.41) is 4.42. The normalized spacial score (nSPS) is 12.1. The van der Waals surface area contributed by atoms with Crippen LogP contribution in [-0.4, -0.2) is 17.1 Å². The summed E-state index contributed by atoms with van der Waals surface area (Å²) in [5.41, 5.74) is 1.76. The van der Waals surface area contributed by atoms with Crippen molar-refractivity contribution in [1.29, 1.82) is 0 Å². The van der Waals surface area contributed by atoms with Crippen LogP contribution < -0.4 is 10.1 Å². The number of hydrogen-bond donors (Lipinski definition) is 1. The molecule has 6 heteroatoms. The fourth-order valence-corrected chi connectivity index (χ4v) is 2.41. The summed E-state index contributed by atoms with van der Waals surface area (Å²) in [6.07, 6.45) is 0. The smallest absolute Gasteiger partial charge is 0.226 e. The zero-order valence-electron chi connectivity index (χ0n) is 11.4. The van der Waals surface area contributed by atoms with Crippen LogP contribution >= 0.6 is 23.2 Å². The van der Waals surface area contributed by atoms with E-state index in [1.165, 1.54) is 0 Å². The molecule has 0 spiro atoms. The van der Waals surface area contributed by atoms with Crippen LogP contribution in [0.5, 0.6) is 5.88 Å². The predicted molar refractivity (Wildman–Crippen MR) is 81.8 cm³/mol. The minimum absolute atomic E-state index is 0.0497. The van der Waals surface area contributed by atoms with Gasteiger partial charge in [-0.05, 0) is 31.5 Å². The van der Waals surface area contributed by atoms with E-state index >= 15 is 0 Å². The molecule has 1 heterocycles. The van der Waals surface area contributed by atoms with Crippen molar-refractivity contribution >= 4 is 29.2 Å². The van der Waals surface area contributed by atoms with Gasteiger partial charge in [0.05, 0.1) is 13.2 Å². The van der Waals surface area contributed by atoms with Crippen LogP contribution in [0.2, 0.25) is 10.0 Å². The largest absolute Gasteiger partial charge is 0.481 e. The van der Waals surface area contributed by atoms with Crippen LogP contribution in [-0.2, 0) is 0 Å². The molecule has 1 N–H and O–H groups in total. The van der Waals surface area contributed by atoms with Crippen molar-refractivity contribution in [2.24, 2.45) is 0 Å². The molecule has 106 valence electrons. The molecule has 4 nitrogen and oxygen atoms in total. The van der Waals surface area contributed by atoms with Gasteiger partial charge in [0.25, 0.3) is 0 Å². The Labute approximate surface area is 128 Å². The summed E-state index contributed by atoms with van der Waals surface area (Å²) in [5.74, 6) is 1.02. The number of aryl methyl sites for hydroxylation is 1. The molecule has 1 unspecified atom stereocenters. The second kappa shape index (κ2) is 6.29. The highest BCUT2D eigenvalue weighted by Crippen LogP contribution is 2.28. The summed E-state index contributed by atoms with van der Waals surface area (Å²) < 4.78 is 5.13. The first-order valence-corrected chi connectivity index (χ1v) is 6.86. The lowest BCUT2D eigenvalue weighted by Crippen LogP contribution is -2.10. The molecule has 2 aromatic rings. The monoisotopic (exact) mass is 311 g/mol. The summed E-state index contributed by atoms with van der Waals surface area (Å²) in [6, 6.07) is 7.12. The van der Waals surface area contributed by atoms with Gasteiger partial charge in [0.15, 0.2) is 0 Å². The van der Waals surface area contributed by atoms with Crippen LogP contribution in [0.25, 0.3) is 0 Å². The zero-order valence-corrected chi connectivity index (χ0v) is 13.0. The Balaban J connectivity index is 2.22. The van der Waals surface area contributed by atoms with E-state index in [4.69, 9.17) is 27.9 Å². The highest BCUT2D eigenvalue weighted by Gasteiger charge is 2.12. The van der Waals surface area contributed by atoms with Gasteiger partial charge < -0.3 is 10.1 Å². The number of rotatable bonds is 4. The van der Waals surface area contributed by atoms with E-state index < -0.39 is 0 Å². The molecule has 0 amide bonds. The molecule has 0 bridgehead atoms. The van der Waals surface area contributed by atoms with Crippen molar-refractivity contribution in [3.05, 3.63) is 45.6 Å². The molecule has 0 aliphatic rings. The Hall–Kier alpha value is -1.52. The van der Waals surface area contributed by atoms with Crippen molar-refractivity contribution in [3.63, 3.8) is 0 Å². The van der Waals surface area contributed by atoms with Gasteiger partial charge in [0.1, 0.15) is 0 Å². The Morgan fingerprint density at radius 1 is 1.20 bits per heavy atom. The number of ether oxygens (including phenoxy) is 1. The summed E-state index contributed by atoms with van der Waals surface area (Å²) in [6.45, 7) is 3.86. The van der Waals surface area contributed by atoms with Crippen LogP contribution in [0.1, 0.15) is 24.2 Å². The number of nitrogens with zero attached hydrogens (tertiary/aromatic N) is 2. The Morgan fingerprint density at radius 3 is 2.60 bits per heavy atom. The summed E-state index contributed by atoms with van der Waals surface area (Å²) in [4.78, 5) is 8.57. The fraction of sp³-hybridized carbons (Fsp3) is 0.286. The first-order chi connectivity index (χ1) is 9.49. The van der Waals surface area contributed by atoms with Gasteiger partial charge in [-0.15, -0.1) is 0 Å². The lowest BCUT2D eigenvalue weighted by atomic mass is 10.1. The zero-order chi connectivity index (χ0) is 14.7. The number of halogens is 2. The molecule has 1 aromatic carbocycles. The first kappa shape index (κ1) is 14.9. The van der Waals surface area contributed by atoms with Crippen molar-refractivity contribution in [3.8, 4) is 5.88 Å². The van der Waals surface area contributed by atoms with Gasteiger partial charge >= 0.3 is 0 Å². The van der Waals surface area contributed by atoms with Crippen LogP contribution in [0.3, 0.4) is 0 Å². The van der Waals surface area contributed by atoms with Crippen molar-refractivity contribution < 1.29 is 4.74 Å². The number of aromatic nitrogens is 2. The van der Waals surface area contributed by atoms with E-state index in [0.29, 0.717) is 21.9 Å². The molecule has 1 atom stereocenters. The van der Waals surface area contributed by atoms with Gasteiger partial charge in [0, 0.05) is 21.8 Å². The second-order valence-electron chi connectivity index (χ2n) is 4.41. The topological polar surface area (TPSA) is 47.0 Å². The van der Waals surface area contributed by atoms with E-state index in [0.717, 1.165) is 11.3 Å². The number of nitrogens with one attached hydrogen (secondary N) is 1. The van der Waals surface area contributed by atoms with Crippen LogP contribution in [0.15, 0.2) is 24.3 Å². The summed E-state index contributed by atoms with van der Waals surface area (Å²) in [7, 11) is 1.57. The Kier molecular flexibility index (Phi) is 4.68. The highest BCUT2D eigenvalue weighted by atomic mass is 35.5. The average Bonchev–Trinajstić information content (AvgIpc) is 2.37. The van der Waals surface area contributed by atoms with Crippen molar-refractivity contribution in [2.75, 3.05) is 12.4 Å². The Morgan fingerprint density at radius 2 is 1.95 bits per heavy atom. The predicted octanol–water partition coefficient (Wildman–Crippen LogP) is 4.27. The lowest BCUT2D eigenvalue weighted by molar-refractivity contribution is 0.397. The van der Waals surface area contributed by atoms with Gasteiger partial charge in [-0.2, -0.15) is 4.98 Å². The van der Waals surface area contributed by atoms with E-state index in [1.807, 2.05) is 19.9 Å². The van der Waals surface area contributed by atoms with Crippen LogP contribution in [0, 0.1) is 6.92 Å². The quantitative estimate of drug-likeness (QED) is 0.915. The molecule has 0 saturated heterocycles. The van der Waals surface area contributed by atoms with Gasteiger partial charge in [0.2, 0.25) is 11.8 Å². The number of hydrogen-bond acceptors (Lipinski definition) is 4. The number of methoxy groups -OCH3 is 1. The number of benzene rings is 1. The van der Waals surface area contributed by atoms with Gasteiger partial charge in [-0.25, -0.2) is 4.98 Å². The standard InChI is InChI=1S/C14H15Cl2N3O/c1-8-6-13(20-3)19-14(17-8)18-9(2)11-5-4-10(15)7-12(11)16/h4-7,9H,1-3H3,(H,17,18,19). The van der Waals surface area contributed by atoms with Crippen LogP contribution in [0.4, 0.5) is 5.95 Å². The maximum atomic E-state index is 6.19. The van der Waals surface area contributed by atoms with Gasteiger partial charge in [-0.1, -0.05) is 29.3 Å². The average molecular weight is 312 g/mol. The lowest BCUT2D eigenvalue weighted by Gasteiger charge is -2.16. The first-order valence-electron chi connectivity index (χ1n) is 6.10. The third-order valence-corrected chi connectivity index (χ3v) is 3.38. The molecule has 0 fully saturated rings. The van der Waals surface area contributed by atoms with Crippen molar-refractivity contribution in [2.45, 2.75) is 19.9 Å². The second-order valence-corrected chi connectivity index (χ2v) is 5.25. The number of anilines is 1. The third kappa shape index (κ3) is 3.52.